The molecule has 1 aromatic carbocycles. The lowest BCUT2D eigenvalue weighted by molar-refractivity contribution is 0.434. The minimum atomic E-state index is 0.213. The summed E-state index contributed by atoms with van der Waals surface area (Å²) < 4.78 is 0. The fourth-order valence-electron chi connectivity index (χ4n) is 3.16. The Bertz CT molecular complexity index is 416. The normalized spacial score (nSPS) is 24.9. The summed E-state index contributed by atoms with van der Waals surface area (Å²) in [6.07, 6.45) is 3.92. The standard InChI is InChI=1S/C18H30N2/c1-13-5-10-16(11-13)20-17(12-19)14-6-8-15(9-7-14)18(2,3)4/h6-9,13,16-17,20H,5,10-12,19H2,1-4H3. The lowest BCUT2D eigenvalue weighted by atomic mass is 9.86. The second-order valence-corrected chi connectivity index (χ2v) is 7.44. The Morgan fingerprint density at radius 1 is 1.20 bits per heavy atom. The Labute approximate surface area is 124 Å². The van der Waals surface area contributed by atoms with Crippen LogP contribution in [0.1, 0.15) is 64.1 Å². The summed E-state index contributed by atoms with van der Waals surface area (Å²) in [4.78, 5) is 0. The van der Waals surface area contributed by atoms with E-state index in [2.05, 4.69) is 57.3 Å². The molecule has 0 saturated heterocycles. The fraction of sp³-hybridized carbons (Fsp3) is 0.667. The zero-order valence-electron chi connectivity index (χ0n) is 13.4. The molecular formula is C18H30N2. The van der Waals surface area contributed by atoms with Crippen LogP contribution in [-0.2, 0) is 5.41 Å². The quantitative estimate of drug-likeness (QED) is 0.877. The lowest BCUT2D eigenvalue weighted by Gasteiger charge is -2.24. The van der Waals surface area contributed by atoms with Gasteiger partial charge in [0.1, 0.15) is 0 Å². The number of hydrogen-bond acceptors (Lipinski definition) is 2. The molecule has 2 heteroatoms. The Morgan fingerprint density at radius 2 is 1.85 bits per heavy atom. The van der Waals surface area contributed by atoms with Crippen molar-refractivity contribution in [1.29, 1.82) is 0 Å². The van der Waals surface area contributed by atoms with E-state index in [1.54, 1.807) is 0 Å². The van der Waals surface area contributed by atoms with Crippen LogP contribution in [0.5, 0.6) is 0 Å². The fourth-order valence-corrected chi connectivity index (χ4v) is 3.16. The average molecular weight is 274 g/mol. The van der Waals surface area contributed by atoms with Gasteiger partial charge in [-0.25, -0.2) is 0 Å². The highest BCUT2D eigenvalue weighted by atomic mass is 15.0. The molecule has 3 N–H and O–H groups in total. The summed E-state index contributed by atoms with van der Waals surface area (Å²) in [7, 11) is 0. The number of benzene rings is 1. The van der Waals surface area contributed by atoms with Crippen LogP contribution in [0.3, 0.4) is 0 Å². The van der Waals surface area contributed by atoms with Crippen LogP contribution in [0, 0.1) is 5.92 Å². The Morgan fingerprint density at radius 3 is 2.30 bits per heavy atom. The summed E-state index contributed by atoms with van der Waals surface area (Å²) in [5.41, 5.74) is 8.89. The van der Waals surface area contributed by atoms with Gasteiger partial charge in [0.25, 0.3) is 0 Å². The van der Waals surface area contributed by atoms with Crippen molar-refractivity contribution < 1.29 is 0 Å². The predicted octanol–water partition coefficient (Wildman–Crippen LogP) is 3.76. The molecule has 0 aromatic heterocycles. The molecule has 0 bridgehead atoms. The summed E-state index contributed by atoms with van der Waals surface area (Å²) >= 11 is 0. The van der Waals surface area contributed by atoms with E-state index in [4.69, 9.17) is 5.73 Å². The van der Waals surface area contributed by atoms with Crippen molar-refractivity contribution >= 4 is 0 Å². The predicted molar refractivity (Wildman–Crippen MR) is 86.9 cm³/mol. The van der Waals surface area contributed by atoms with E-state index in [0.717, 1.165) is 5.92 Å². The van der Waals surface area contributed by atoms with Crippen LogP contribution in [0.4, 0.5) is 0 Å². The highest BCUT2D eigenvalue weighted by molar-refractivity contribution is 5.29. The van der Waals surface area contributed by atoms with E-state index in [9.17, 15) is 0 Å². The molecule has 2 nitrogen and oxygen atoms in total. The first-order valence-corrected chi connectivity index (χ1v) is 7.96. The van der Waals surface area contributed by atoms with Crippen LogP contribution >= 0.6 is 0 Å². The van der Waals surface area contributed by atoms with Gasteiger partial charge in [0.05, 0.1) is 0 Å². The second-order valence-electron chi connectivity index (χ2n) is 7.44. The number of nitrogens with two attached hydrogens (primary N) is 1. The monoisotopic (exact) mass is 274 g/mol. The third kappa shape index (κ3) is 3.83. The van der Waals surface area contributed by atoms with Gasteiger partial charge in [0, 0.05) is 18.6 Å². The minimum Gasteiger partial charge on any atom is -0.329 e. The van der Waals surface area contributed by atoms with Crippen molar-refractivity contribution in [2.75, 3.05) is 6.54 Å². The maximum atomic E-state index is 5.98. The zero-order valence-corrected chi connectivity index (χ0v) is 13.4. The first-order valence-electron chi connectivity index (χ1n) is 7.96. The molecule has 3 unspecified atom stereocenters. The molecule has 3 atom stereocenters. The summed E-state index contributed by atoms with van der Waals surface area (Å²) in [6, 6.07) is 9.90. The van der Waals surface area contributed by atoms with Gasteiger partial charge in [-0.2, -0.15) is 0 Å². The summed E-state index contributed by atoms with van der Waals surface area (Å²) in [5.74, 6) is 0.856. The molecule has 0 heterocycles. The second kappa shape index (κ2) is 6.28. The molecule has 0 spiro atoms. The van der Waals surface area contributed by atoms with Crippen molar-refractivity contribution in [2.45, 2.75) is 64.5 Å². The van der Waals surface area contributed by atoms with Crippen molar-refractivity contribution in [1.82, 2.24) is 5.32 Å². The van der Waals surface area contributed by atoms with Crippen LogP contribution in [-0.4, -0.2) is 12.6 Å². The van der Waals surface area contributed by atoms with E-state index >= 15 is 0 Å². The Kier molecular flexibility index (Phi) is 4.87. The number of rotatable bonds is 4. The Balaban J connectivity index is 2.04. The molecule has 112 valence electrons. The molecule has 0 radical (unpaired) electrons. The van der Waals surface area contributed by atoms with Crippen LogP contribution in [0.15, 0.2) is 24.3 Å². The zero-order chi connectivity index (χ0) is 14.8. The maximum absolute atomic E-state index is 5.98. The van der Waals surface area contributed by atoms with Crippen LogP contribution in [0.2, 0.25) is 0 Å². The van der Waals surface area contributed by atoms with Gasteiger partial charge in [-0.05, 0) is 41.7 Å². The summed E-state index contributed by atoms with van der Waals surface area (Å²) in [6.45, 7) is 9.76. The lowest BCUT2D eigenvalue weighted by Crippen LogP contribution is -2.35. The molecule has 1 fully saturated rings. The molecule has 1 aliphatic carbocycles. The highest BCUT2D eigenvalue weighted by Crippen LogP contribution is 2.28. The first-order chi connectivity index (χ1) is 9.40. The molecule has 1 saturated carbocycles. The average Bonchev–Trinajstić information content (AvgIpc) is 2.81. The van der Waals surface area contributed by atoms with Gasteiger partial charge in [-0.15, -0.1) is 0 Å². The topological polar surface area (TPSA) is 38.0 Å². The number of hydrogen-bond donors (Lipinski definition) is 2. The highest BCUT2D eigenvalue weighted by Gasteiger charge is 2.24. The summed E-state index contributed by atoms with van der Waals surface area (Å²) in [5, 5.41) is 3.75. The molecule has 2 rings (SSSR count). The van der Waals surface area contributed by atoms with Gasteiger partial charge in [-0.3, -0.25) is 0 Å². The molecule has 1 aromatic rings. The van der Waals surface area contributed by atoms with E-state index in [1.165, 1.54) is 30.4 Å². The smallest absolute Gasteiger partial charge is 0.0446 e. The molecule has 0 aliphatic heterocycles. The van der Waals surface area contributed by atoms with E-state index in [1.807, 2.05) is 0 Å². The third-order valence-corrected chi connectivity index (χ3v) is 4.55. The van der Waals surface area contributed by atoms with Gasteiger partial charge >= 0.3 is 0 Å². The molecule has 1 aliphatic rings. The third-order valence-electron chi connectivity index (χ3n) is 4.55. The van der Waals surface area contributed by atoms with Crippen LogP contribution < -0.4 is 11.1 Å². The van der Waals surface area contributed by atoms with Crippen molar-refractivity contribution in [3.05, 3.63) is 35.4 Å². The van der Waals surface area contributed by atoms with Gasteiger partial charge < -0.3 is 11.1 Å². The molecule has 0 amide bonds. The van der Waals surface area contributed by atoms with E-state index < -0.39 is 0 Å². The maximum Gasteiger partial charge on any atom is 0.0446 e. The minimum absolute atomic E-state index is 0.213. The number of nitrogens with one attached hydrogen (secondary N) is 1. The first kappa shape index (κ1) is 15.5. The van der Waals surface area contributed by atoms with E-state index in [0.29, 0.717) is 18.6 Å². The molecule has 20 heavy (non-hydrogen) atoms. The largest absolute Gasteiger partial charge is 0.329 e. The van der Waals surface area contributed by atoms with Crippen molar-refractivity contribution in [2.24, 2.45) is 11.7 Å². The van der Waals surface area contributed by atoms with Gasteiger partial charge in [0.2, 0.25) is 0 Å². The van der Waals surface area contributed by atoms with Crippen molar-refractivity contribution in [3.8, 4) is 0 Å². The van der Waals surface area contributed by atoms with Crippen molar-refractivity contribution in [3.63, 3.8) is 0 Å². The molecular weight excluding hydrogens is 244 g/mol. The van der Waals surface area contributed by atoms with Gasteiger partial charge in [0.15, 0.2) is 0 Å². The SMILES string of the molecule is CC1CCC(NC(CN)c2ccc(C(C)(C)C)cc2)C1. The van der Waals surface area contributed by atoms with Crippen LogP contribution in [0.25, 0.3) is 0 Å². The van der Waals surface area contributed by atoms with Gasteiger partial charge in [-0.1, -0.05) is 52.0 Å². The Hall–Kier alpha value is -0.860. The van der Waals surface area contributed by atoms with E-state index in [-0.39, 0.29) is 5.41 Å².